The van der Waals surface area contributed by atoms with E-state index >= 15 is 0 Å². The molecule has 1 heteroatoms. The van der Waals surface area contributed by atoms with Gasteiger partial charge in [0.15, 0.2) is 0 Å². The topological polar surface area (TPSA) is 0 Å². The van der Waals surface area contributed by atoms with E-state index in [0.29, 0.717) is 0 Å². The maximum absolute atomic E-state index is 2.37. The molecule has 0 atom stereocenters. The van der Waals surface area contributed by atoms with E-state index in [9.17, 15) is 0 Å². The van der Waals surface area contributed by atoms with E-state index in [1.165, 1.54) is 127 Å². The minimum absolute atomic E-state index is 0.285. The van der Waals surface area contributed by atoms with Gasteiger partial charge in [0.25, 0.3) is 0 Å². The van der Waals surface area contributed by atoms with Crippen molar-refractivity contribution in [3.05, 3.63) is 402 Å². The third-order valence-electron chi connectivity index (χ3n) is 17.0. The average Bonchev–Trinajstić information content (AvgIpc) is 0.797. The van der Waals surface area contributed by atoms with E-state index in [4.69, 9.17) is 0 Å². The normalized spacial score (nSPS) is 10.6. The number of hydrogen-bond acceptors (Lipinski definition) is 0. The third-order valence-corrected chi connectivity index (χ3v) is 19.1. The highest BCUT2D eigenvalue weighted by atomic mass is 28.3. The zero-order valence-electron chi connectivity index (χ0n) is 60.5. The van der Waals surface area contributed by atoms with Crippen LogP contribution in [0.15, 0.2) is 352 Å². The number of fused-ring (bicyclic) bond motifs is 5. The van der Waals surface area contributed by atoms with Crippen LogP contribution in [0.25, 0.3) is 76.5 Å². The Bertz CT molecular complexity index is 4700. The summed E-state index contributed by atoms with van der Waals surface area (Å²) in [6, 6.07) is 124. The van der Waals surface area contributed by atoms with Gasteiger partial charge in [0.1, 0.15) is 0 Å². The van der Waals surface area contributed by atoms with Crippen LogP contribution in [0.4, 0.5) is 0 Å². The van der Waals surface area contributed by atoms with E-state index in [2.05, 4.69) is 423 Å². The Labute approximate surface area is 589 Å². The fourth-order valence-electron chi connectivity index (χ4n) is 11.2. The van der Waals surface area contributed by atoms with Crippen LogP contribution in [-0.2, 0) is 5.41 Å². The van der Waals surface area contributed by atoms with Crippen molar-refractivity contribution >= 4 is 56.4 Å². The standard InChI is InChI=1S/C19H16.C15H12.C13H12.2C11H10.C11H16.C10H16Si.C7H8/c1-15-12-18(16-8-4-2-5-9-16)14-19(13-15)17-10-6-3-7-11-17;1-11-6-7-13-9-8-12-4-2-3-5-14(12)15(13)10-11;1-11-7-9-13(10-8-11)12-5-3-2-4-6-12;1-9-5-4-7-10-6-2-3-8-11(9)10;1-9-6-7-10-4-2-3-5-11(10)8-9;2*1-9-5-7-10(8-6-9)11(2,3)4;1-7-5-3-2-4-6-7/h2-14H,1H3;2-10H,1H3;2-10H,1H3;2*2-8H,1H3;2*5-8H,1-4H3;2-6H,1H3. The summed E-state index contributed by atoms with van der Waals surface area (Å²) in [6.45, 7) is 30.8. The maximum atomic E-state index is 2.37. The average molecular weight is 1290 g/mol. The van der Waals surface area contributed by atoms with Gasteiger partial charge >= 0.3 is 0 Å². The zero-order valence-corrected chi connectivity index (χ0v) is 61.5. The van der Waals surface area contributed by atoms with Gasteiger partial charge < -0.3 is 0 Å². The van der Waals surface area contributed by atoms with Crippen molar-refractivity contribution in [3.63, 3.8) is 0 Å². The Morgan fingerprint density at radius 2 is 0.541 bits per heavy atom. The molecular formula is C97H100Si. The maximum Gasteiger partial charge on any atom is 0.0775 e. The zero-order chi connectivity index (χ0) is 69.9. The van der Waals surface area contributed by atoms with Gasteiger partial charge in [-0.05, 0) is 160 Å². The summed E-state index contributed by atoms with van der Waals surface area (Å²) in [7, 11) is -1.06. The molecule has 0 nitrogen and oxygen atoms in total. The number of benzene rings is 15. The number of hydrogen-bond donors (Lipinski definition) is 0. The Morgan fingerprint density at radius 1 is 0.204 bits per heavy atom. The van der Waals surface area contributed by atoms with E-state index in [1.807, 2.05) is 24.3 Å². The van der Waals surface area contributed by atoms with Crippen LogP contribution in [0.1, 0.15) is 70.8 Å². The van der Waals surface area contributed by atoms with Crippen LogP contribution in [-0.4, -0.2) is 8.07 Å². The van der Waals surface area contributed by atoms with Gasteiger partial charge in [-0.1, -0.05) is 425 Å². The molecule has 0 radical (unpaired) electrons. The highest BCUT2D eigenvalue weighted by molar-refractivity contribution is 6.88. The second kappa shape index (κ2) is 36.6. The Kier molecular flexibility index (Phi) is 27.4. The molecule has 15 aromatic carbocycles. The summed E-state index contributed by atoms with van der Waals surface area (Å²) in [5.74, 6) is 0. The van der Waals surface area contributed by atoms with E-state index in [0.717, 1.165) is 0 Å². The molecule has 0 aliphatic carbocycles. The fourth-order valence-corrected chi connectivity index (χ4v) is 12.4. The molecular weight excluding hydrogens is 1190 g/mol. The van der Waals surface area contributed by atoms with Gasteiger partial charge in [-0.3, -0.25) is 0 Å². The molecule has 0 saturated carbocycles. The molecule has 0 spiro atoms. The van der Waals surface area contributed by atoms with Gasteiger partial charge in [0, 0.05) is 0 Å². The molecule has 0 aromatic heterocycles. The van der Waals surface area contributed by atoms with E-state index in [-0.39, 0.29) is 5.41 Å². The number of aryl methyl sites for hydroxylation is 8. The molecule has 0 heterocycles. The summed E-state index contributed by atoms with van der Waals surface area (Å²) in [5.41, 5.74) is 19.9. The lowest BCUT2D eigenvalue weighted by molar-refractivity contribution is 0.590. The molecule has 98 heavy (non-hydrogen) atoms. The van der Waals surface area contributed by atoms with Gasteiger partial charge in [-0.15, -0.1) is 0 Å². The van der Waals surface area contributed by atoms with Crippen molar-refractivity contribution in [2.24, 2.45) is 0 Å². The molecule has 0 amide bonds. The lowest BCUT2D eigenvalue weighted by Crippen LogP contribution is -2.37. The van der Waals surface area contributed by atoms with Crippen LogP contribution in [0.5, 0.6) is 0 Å². The van der Waals surface area contributed by atoms with Gasteiger partial charge in [0.05, 0.1) is 8.07 Å². The van der Waals surface area contributed by atoms with E-state index < -0.39 is 8.07 Å². The summed E-state index contributed by atoms with van der Waals surface area (Å²) in [5, 5.41) is 12.2. The molecule has 0 unspecified atom stereocenters. The third kappa shape index (κ3) is 23.4. The summed E-state index contributed by atoms with van der Waals surface area (Å²) < 4.78 is 0. The van der Waals surface area contributed by atoms with Crippen molar-refractivity contribution < 1.29 is 0 Å². The summed E-state index contributed by atoms with van der Waals surface area (Å²) in [6.07, 6.45) is 0. The minimum atomic E-state index is -1.06. The van der Waals surface area contributed by atoms with Crippen LogP contribution in [0.2, 0.25) is 19.6 Å². The lowest BCUT2D eigenvalue weighted by atomic mass is 9.87. The van der Waals surface area contributed by atoms with E-state index in [1.54, 1.807) is 5.19 Å². The molecule has 15 aromatic rings. The van der Waals surface area contributed by atoms with Crippen molar-refractivity contribution in [1.82, 2.24) is 0 Å². The molecule has 0 fully saturated rings. The number of rotatable bonds is 4. The molecule has 0 bridgehead atoms. The van der Waals surface area contributed by atoms with Crippen LogP contribution in [0, 0.1) is 55.4 Å². The second-order valence-electron chi connectivity index (χ2n) is 27.6. The molecule has 0 aliphatic rings. The van der Waals surface area contributed by atoms with Crippen LogP contribution < -0.4 is 5.19 Å². The smallest absolute Gasteiger partial charge is 0.0656 e. The lowest BCUT2D eigenvalue weighted by Gasteiger charge is -2.18. The quantitative estimate of drug-likeness (QED) is 0.122. The molecule has 0 saturated heterocycles. The SMILES string of the molecule is Cc1cc(-c2ccccc2)cc(-c2ccccc2)c1.Cc1ccc(-c2ccccc2)cc1.Cc1ccc(C(C)(C)C)cc1.Cc1ccc([Si](C)(C)C)cc1.Cc1ccc2ccc3ccccc3c2c1.Cc1ccc2ccccc2c1.Cc1cccc2ccccc12.Cc1ccccc1. The van der Waals surface area contributed by atoms with Crippen LogP contribution >= 0.6 is 0 Å². The molecule has 15 rings (SSSR count). The molecule has 0 aliphatic heterocycles. The molecule has 492 valence electrons. The fraction of sp³-hybridized carbons (Fsp3) is 0.155. The van der Waals surface area contributed by atoms with Crippen molar-refractivity contribution in [1.29, 1.82) is 0 Å². The molecule has 0 N–H and O–H groups in total. The highest BCUT2D eigenvalue weighted by Gasteiger charge is 2.15. The Hall–Kier alpha value is -10.4. The summed E-state index contributed by atoms with van der Waals surface area (Å²) >= 11 is 0. The highest BCUT2D eigenvalue weighted by Crippen LogP contribution is 2.30. The van der Waals surface area contributed by atoms with Gasteiger partial charge in [0.2, 0.25) is 0 Å². The van der Waals surface area contributed by atoms with Crippen molar-refractivity contribution in [3.8, 4) is 33.4 Å². The minimum Gasteiger partial charge on any atom is -0.0656 e. The monoisotopic (exact) mass is 1290 g/mol. The first-order valence-electron chi connectivity index (χ1n) is 34.5. The van der Waals surface area contributed by atoms with Gasteiger partial charge in [-0.25, -0.2) is 0 Å². The first-order chi connectivity index (χ1) is 47.2. The first kappa shape index (κ1) is 73.4. The Balaban J connectivity index is 0.000000145. The predicted molar refractivity (Wildman–Crippen MR) is 437 cm³/mol. The van der Waals surface area contributed by atoms with Crippen molar-refractivity contribution in [2.75, 3.05) is 0 Å². The summed E-state index contributed by atoms with van der Waals surface area (Å²) in [4.78, 5) is 0. The first-order valence-corrected chi connectivity index (χ1v) is 38.0. The van der Waals surface area contributed by atoms with Crippen molar-refractivity contribution in [2.45, 2.75) is 101 Å². The van der Waals surface area contributed by atoms with Crippen LogP contribution in [0.3, 0.4) is 0 Å². The largest absolute Gasteiger partial charge is 0.0775 e. The Morgan fingerprint density at radius 3 is 1.01 bits per heavy atom. The second-order valence-corrected chi connectivity index (χ2v) is 32.7. The predicted octanol–water partition coefficient (Wildman–Crippen LogP) is 27.4. The van der Waals surface area contributed by atoms with Gasteiger partial charge in [-0.2, -0.15) is 0 Å².